The monoisotopic (exact) mass is 229 g/mol. The van der Waals surface area contributed by atoms with Crippen LogP contribution in [-0.2, 0) is 6.42 Å². The molecule has 0 fully saturated rings. The van der Waals surface area contributed by atoms with Crippen molar-refractivity contribution in [1.29, 1.82) is 0 Å². The van der Waals surface area contributed by atoms with Crippen LogP contribution in [0, 0.1) is 0 Å². The van der Waals surface area contributed by atoms with Crippen molar-refractivity contribution in [3.8, 4) is 0 Å². The average Bonchev–Trinajstić information content (AvgIpc) is 2.75. The van der Waals surface area contributed by atoms with Crippen LogP contribution in [0.2, 0.25) is 0 Å². The molecule has 2 nitrogen and oxygen atoms in total. The third-order valence-electron chi connectivity index (χ3n) is 3.46. The van der Waals surface area contributed by atoms with Gasteiger partial charge in [-0.15, -0.1) is 0 Å². The maximum atomic E-state index is 5.45. The molecular weight excluding hydrogens is 210 g/mol. The van der Waals surface area contributed by atoms with Gasteiger partial charge in [-0.25, -0.2) is 0 Å². The zero-order chi connectivity index (χ0) is 12.4. The quantitative estimate of drug-likeness (QED) is 0.760. The zero-order valence-electron chi connectivity index (χ0n) is 10.9. The zero-order valence-corrected chi connectivity index (χ0v) is 10.9. The van der Waals surface area contributed by atoms with Gasteiger partial charge in [0.05, 0.1) is 12.1 Å². The molecule has 0 saturated heterocycles. The Labute approximate surface area is 103 Å². The van der Waals surface area contributed by atoms with Crippen LogP contribution in [0.25, 0.3) is 0 Å². The molecule has 0 aliphatic heterocycles. The van der Waals surface area contributed by atoms with Gasteiger partial charge in [0.15, 0.2) is 5.76 Å². The highest BCUT2D eigenvalue weighted by Gasteiger charge is 2.20. The van der Waals surface area contributed by atoms with Crippen LogP contribution < -0.4 is 0 Å². The van der Waals surface area contributed by atoms with E-state index >= 15 is 0 Å². The SMILES string of the molecule is CCc1cnoc1C1C=C(C)C(C)=CC=C1C. The molecule has 0 aromatic carbocycles. The lowest BCUT2D eigenvalue weighted by atomic mass is 9.93. The Morgan fingerprint density at radius 3 is 2.65 bits per heavy atom. The molecule has 1 aliphatic carbocycles. The summed E-state index contributed by atoms with van der Waals surface area (Å²) in [6.45, 7) is 8.56. The van der Waals surface area contributed by atoms with Crippen LogP contribution in [-0.4, -0.2) is 5.16 Å². The van der Waals surface area contributed by atoms with Crippen molar-refractivity contribution in [1.82, 2.24) is 5.16 Å². The summed E-state index contributed by atoms with van der Waals surface area (Å²) in [4.78, 5) is 0. The Balaban J connectivity index is 2.46. The Hall–Kier alpha value is -1.57. The van der Waals surface area contributed by atoms with E-state index in [0.717, 1.165) is 12.2 Å². The molecule has 0 saturated carbocycles. The van der Waals surface area contributed by atoms with Gasteiger partial charge in [-0.1, -0.05) is 41.5 Å². The van der Waals surface area contributed by atoms with Crippen molar-refractivity contribution in [3.05, 3.63) is 52.5 Å². The Morgan fingerprint density at radius 1 is 1.18 bits per heavy atom. The van der Waals surface area contributed by atoms with Crippen molar-refractivity contribution in [2.24, 2.45) is 0 Å². The van der Waals surface area contributed by atoms with E-state index < -0.39 is 0 Å². The highest BCUT2D eigenvalue weighted by Crippen LogP contribution is 2.32. The number of aryl methyl sites for hydroxylation is 1. The summed E-state index contributed by atoms with van der Waals surface area (Å²) in [5, 5.41) is 3.93. The number of rotatable bonds is 2. The highest BCUT2D eigenvalue weighted by molar-refractivity contribution is 5.43. The second-order valence-corrected chi connectivity index (χ2v) is 4.66. The summed E-state index contributed by atoms with van der Waals surface area (Å²) in [5.41, 5.74) is 5.12. The van der Waals surface area contributed by atoms with E-state index in [-0.39, 0.29) is 5.92 Å². The first-order chi connectivity index (χ1) is 8.13. The molecule has 1 unspecified atom stereocenters. The number of nitrogens with zero attached hydrogens (tertiary/aromatic N) is 1. The summed E-state index contributed by atoms with van der Waals surface area (Å²) in [6, 6.07) is 0. The van der Waals surface area contributed by atoms with Gasteiger partial charge >= 0.3 is 0 Å². The predicted octanol–water partition coefficient (Wildman–Crippen LogP) is 4.17. The molecule has 0 spiro atoms. The largest absolute Gasteiger partial charge is 0.360 e. The molecule has 1 aromatic rings. The van der Waals surface area contributed by atoms with Crippen LogP contribution in [0.3, 0.4) is 0 Å². The first-order valence-electron chi connectivity index (χ1n) is 6.10. The Kier molecular flexibility index (Phi) is 3.32. The molecule has 1 heterocycles. The lowest BCUT2D eigenvalue weighted by molar-refractivity contribution is 0.379. The summed E-state index contributed by atoms with van der Waals surface area (Å²) in [6.07, 6.45) is 9.40. The number of aromatic nitrogens is 1. The van der Waals surface area contributed by atoms with Crippen molar-refractivity contribution < 1.29 is 4.52 Å². The van der Waals surface area contributed by atoms with Gasteiger partial charge in [0.1, 0.15) is 0 Å². The Bertz CT molecular complexity index is 503. The van der Waals surface area contributed by atoms with E-state index in [4.69, 9.17) is 4.52 Å². The maximum absolute atomic E-state index is 5.45. The van der Waals surface area contributed by atoms with Crippen molar-refractivity contribution >= 4 is 0 Å². The van der Waals surface area contributed by atoms with E-state index in [1.165, 1.54) is 22.3 Å². The highest BCUT2D eigenvalue weighted by atomic mass is 16.5. The topological polar surface area (TPSA) is 26.0 Å². The molecule has 90 valence electrons. The Morgan fingerprint density at radius 2 is 1.94 bits per heavy atom. The summed E-state index contributed by atoms with van der Waals surface area (Å²) in [7, 11) is 0. The molecule has 17 heavy (non-hydrogen) atoms. The predicted molar refractivity (Wildman–Crippen MR) is 69.9 cm³/mol. The molecule has 1 atom stereocenters. The van der Waals surface area contributed by atoms with E-state index in [2.05, 4.69) is 51.1 Å². The molecule has 0 radical (unpaired) electrons. The smallest absolute Gasteiger partial charge is 0.150 e. The van der Waals surface area contributed by atoms with E-state index in [1.807, 2.05) is 6.20 Å². The van der Waals surface area contributed by atoms with Gasteiger partial charge in [-0.2, -0.15) is 0 Å². The lowest BCUT2D eigenvalue weighted by Gasteiger charge is -2.11. The second-order valence-electron chi connectivity index (χ2n) is 4.66. The molecule has 0 N–H and O–H groups in total. The number of hydrogen-bond acceptors (Lipinski definition) is 2. The molecule has 2 rings (SSSR count). The third kappa shape index (κ3) is 2.26. The van der Waals surface area contributed by atoms with Crippen LogP contribution in [0.5, 0.6) is 0 Å². The normalized spacial score (nSPS) is 20.5. The summed E-state index contributed by atoms with van der Waals surface area (Å²) < 4.78 is 5.45. The van der Waals surface area contributed by atoms with Crippen molar-refractivity contribution in [3.63, 3.8) is 0 Å². The maximum Gasteiger partial charge on any atom is 0.150 e. The van der Waals surface area contributed by atoms with Crippen LogP contribution in [0.1, 0.15) is 44.9 Å². The van der Waals surface area contributed by atoms with E-state index in [9.17, 15) is 0 Å². The minimum absolute atomic E-state index is 0.223. The van der Waals surface area contributed by atoms with Crippen molar-refractivity contribution in [2.75, 3.05) is 0 Å². The van der Waals surface area contributed by atoms with Gasteiger partial charge in [-0.3, -0.25) is 0 Å². The minimum atomic E-state index is 0.223. The number of allylic oxidation sites excluding steroid dienone is 6. The van der Waals surface area contributed by atoms with Crippen LogP contribution in [0.15, 0.2) is 45.7 Å². The van der Waals surface area contributed by atoms with Gasteiger partial charge in [-0.05, 0) is 32.8 Å². The molecular formula is C15H19NO. The van der Waals surface area contributed by atoms with Crippen LogP contribution in [0.4, 0.5) is 0 Å². The first-order valence-corrected chi connectivity index (χ1v) is 6.10. The van der Waals surface area contributed by atoms with Crippen molar-refractivity contribution in [2.45, 2.75) is 40.0 Å². The standard InChI is InChI=1S/C15H19NO/c1-5-13-9-16-17-15(13)14-8-12(4)10(2)6-7-11(14)3/h6-9,14H,5H2,1-4H3. The molecule has 2 heteroatoms. The summed E-state index contributed by atoms with van der Waals surface area (Å²) >= 11 is 0. The molecule has 1 aliphatic rings. The lowest BCUT2D eigenvalue weighted by Crippen LogP contribution is -1.99. The van der Waals surface area contributed by atoms with Crippen LogP contribution >= 0.6 is 0 Å². The first kappa shape index (κ1) is 11.9. The fourth-order valence-electron chi connectivity index (χ4n) is 2.08. The van der Waals surface area contributed by atoms with Gasteiger partial charge in [0.2, 0.25) is 0 Å². The fourth-order valence-corrected chi connectivity index (χ4v) is 2.08. The van der Waals surface area contributed by atoms with Gasteiger partial charge in [0, 0.05) is 5.56 Å². The third-order valence-corrected chi connectivity index (χ3v) is 3.46. The minimum Gasteiger partial charge on any atom is -0.360 e. The molecule has 1 aromatic heterocycles. The van der Waals surface area contributed by atoms with Gasteiger partial charge < -0.3 is 4.52 Å². The average molecular weight is 229 g/mol. The fraction of sp³-hybridized carbons (Fsp3) is 0.400. The molecule has 0 bridgehead atoms. The van der Waals surface area contributed by atoms with E-state index in [1.54, 1.807) is 0 Å². The van der Waals surface area contributed by atoms with Gasteiger partial charge in [0.25, 0.3) is 0 Å². The van der Waals surface area contributed by atoms with E-state index in [0.29, 0.717) is 0 Å². The second kappa shape index (κ2) is 4.74. The summed E-state index contributed by atoms with van der Waals surface area (Å²) in [5.74, 6) is 1.21. The molecule has 0 amide bonds. The number of hydrogen-bond donors (Lipinski definition) is 0.